The van der Waals surface area contributed by atoms with E-state index in [4.69, 9.17) is 4.74 Å². The van der Waals surface area contributed by atoms with Gasteiger partial charge in [0, 0.05) is 11.9 Å². The number of carbonyl (C=O) groups is 1. The van der Waals surface area contributed by atoms with Gasteiger partial charge in [0.2, 0.25) is 11.8 Å². The second-order valence-electron chi connectivity index (χ2n) is 6.41. The van der Waals surface area contributed by atoms with Crippen LogP contribution in [0.2, 0.25) is 0 Å². The SMILES string of the molecule is CCCc1ccc(NC(=O)CNc2ccccc2Oc2ncccc2C#N)cc1. The molecule has 0 aliphatic heterocycles. The zero-order valence-electron chi connectivity index (χ0n) is 16.2. The van der Waals surface area contributed by atoms with Crippen molar-refractivity contribution in [3.8, 4) is 17.7 Å². The van der Waals surface area contributed by atoms with Crippen LogP contribution in [0, 0.1) is 11.3 Å². The summed E-state index contributed by atoms with van der Waals surface area (Å²) in [4.78, 5) is 16.4. The molecule has 2 N–H and O–H groups in total. The van der Waals surface area contributed by atoms with Gasteiger partial charge in [0.15, 0.2) is 5.75 Å². The predicted octanol–water partition coefficient (Wildman–Crippen LogP) is 4.75. The van der Waals surface area contributed by atoms with Gasteiger partial charge in [-0.15, -0.1) is 0 Å². The Morgan fingerprint density at radius 2 is 1.90 bits per heavy atom. The number of ether oxygens (including phenoxy) is 1. The summed E-state index contributed by atoms with van der Waals surface area (Å²) in [7, 11) is 0. The van der Waals surface area contributed by atoms with Crippen molar-refractivity contribution >= 4 is 17.3 Å². The predicted molar refractivity (Wildman–Crippen MR) is 113 cm³/mol. The number of rotatable bonds is 8. The highest BCUT2D eigenvalue weighted by molar-refractivity contribution is 5.93. The van der Waals surface area contributed by atoms with E-state index in [2.05, 4.69) is 28.6 Å². The van der Waals surface area contributed by atoms with E-state index in [1.165, 1.54) is 5.56 Å². The maximum Gasteiger partial charge on any atom is 0.243 e. The molecule has 6 nitrogen and oxygen atoms in total. The monoisotopic (exact) mass is 386 g/mol. The molecule has 0 radical (unpaired) electrons. The second-order valence-corrected chi connectivity index (χ2v) is 6.41. The van der Waals surface area contributed by atoms with Crippen molar-refractivity contribution in [2.45, 2.75) is 19.8 Å². The van der Waals surface area contributed by atoms with Crippen LogP contribution >= 0.6 is 0 Å². The normalized spacial score (nSPS) is 10.1. The summed E-state index contributed by atoms with van der Waals surface area (Å²) >= 11 is 0. The Balaban J connectivity index is 1.62. The van der Waals surface area contributed by atoms with Gasteiger partial charge in [-0.1, -0.05) is 37.6 Å². The number of nitriles is 1. The molecule has 3 rings (SSSR count). The highest BCUT2D eigenvalue weighted by Crippen LogP contribution is 2.29. The third-order valence-corrected chi connectivity index (χ3v) is 4.20. The lowest BCUT2D eigenvalue weighted by molar-refractivity contribution is -0.114. The van der Waals surface area contributed by atoms with E-state index in [0.717, 1.165) is 18.5 Å². The molecule has 0 atom stereocenters. The average Bonchev–Trinajstić information content (AvgIpc) is 2.75. The van der Waals surface area contributed by atoms with Crippen LogP contribution in [0.1, 0.15) is 24.5 Å². The summed E-state index contributed by atoms with van der Waals surface area (Å²) in [6, 6.07) is 20.4. The third-order valence-electron chi connectivity index (χ3n) is 4.20. The van der Waals surface area contributed by atoms with Gasteiger partial charge in [0.25, 0.3) is 0 Å². The zero-order valence-corrected chi connectivity index (χ0v) is 16.2. The van der Waals surface area contributed by atoms with Crippen LogP contribution < -0.4 is 15.4 Å². The van der Waals surface area contributed by atoms with Crippen molar-refractivity contribution in [2.75, 3.05) is 17.2 Å². The number of benzene rings is 2. The molecule has 0 spiro atoms. The van der Waals surface area contributed by atoms with Gasteiger partial charge in [0.1, 0.15) is 11.6 Å². The van der Waals surface area contributed by atoms with E-state index in [1.807, 2.05) is 36.4 Å². The van der Waals surface area contributed by atoms with Crippen molar-refractivity contribution in [3.63, 3.8) is 0 Å². The van der Waals surface area contributed by atoms with Crippen LogP contribution in [-0.2, 0) is 11.2 Å². The Morgan fingerprint density at radius 1 is 1.10 bits per heavy atom. The molecule has 0 bridgehead atoms. The summed E-state index contributed by atoms with van der Waals surface area (Å²) in [5.41, 5.74) is 2.98. The van der Waals surface area contributed by atoms with E-state index in [-0.39, 0.29) is 18.3 Å². The van der Waals surface area contributed by atoms with Crippen molar-refractivity contribution in [1.29, 1.82) is 5.26 Å². The van der Waals surface area contributed by atoms with Crippen LogP contribution in [0.25, 0.3) is 0 Å². The number of anilines is 2. The molecule has 3 aromatic rings. The van der Waals surface area contributed by atoms with E-state index < -0.39 is 0 Å². The van der Waals surface area contributed by atoms with Crippen molar-refractivity contribution in [2.24, 2.45) is 0 Å². The number of pyridine rings is 1. The largest absolute Gasteiger partial charge is 0.436 e. The van der Waals surface area contributed by atoms with E-state index in [9.17, 15) is 10.1 Å². The van der Waals surface area contributed by atoms with Crippen LogP contribution in [0.5, 0.6) is 11.6 Å². The standard InChI is InChI=1S/C23H22N4O2/c1-2-6-17-10-12-19(13-11-17)27-22(28)16-26-20-8-3-4-9-21(20)29-23-18(15-24)7-5-14-25-23/h3-5,7-14,26H,2,6,16H2,1H3,(H,27,28). The topological polar surface area (TPSA) is 87.0 Å². The number of aromatic nitrogens is 1. The first kappa shape index (κ1) is 19.9. The van der Waals surface area contributed by atoms with Gasteiger partial charge in [0.05, 0.1) is 12.2 Å². The fourth-order valence-electron chi connectivity index (χ4n) is 2.79. The molecular formula is C23H22N4O2. The van der Waals surface area contributed by atoms with Crippen LogP contribution in [-0.4, -0.2) is 17.4 Å². The Kier molecular flexibility index (Phi) is 6.80. The minimum atomic E-state index is -0.168. The highest BCUT2D eigenvalue weighted by atomic mass is 16.5. The van der Waals surface area contributed by atoms with Crippen LogP contribution in [0.15, 0.2) is 66.9 Å². The molecule has 146 valence electrons. The number of amides is 1. The molecule has 29 heavy (non-hydrogen) atoms. The van der Waals surface area contributed by atoms with Crippen molar-refractivity contribution in [3.05, 3.63) is 78.0 Å². The first-order valence-corrected chi connectivity index (χ1v) is 9.44. The lowest BCUT2D eigenvalue weighted by Gasteiger charge is -2.13. The molecular weight excluding hydrogens is 364 g/mol. The maximum absolute atomic E-state index is 12.3. The number of para-hydroxylation sites is 2. The number of hydrogen-bond donors (Lipinski definition) is 2. The van der Waals surface area contributed by atoms with E-state index >= 15 is 0 Å². The molecule has 0 fully saturated rings. The van der Waals surface area contributed by atoms with E-state index in [1.54, 1.807) is 30.5 Å². The fourth-order valence-corrected chi connectivity index (χ4v) is 2.79. The van der Waals surface area contributed by atoms with Gasteiger partial charge < -0.3 is 15.4 Å². The molecule has 1 heterocycles. The highest BCUT2D eigenvalue weighted by Gasteiger charge is 2.10. The molecule has 0 aliphatic rings. The molecule has 2 aromatic carbocycles. The first-order chi connectivity index (χ1) is 14.2. The molecule has 0 saturated carbocycles. The lowest BCUT2D eigenvalue weighted by Crippen LogP contribution is -2.21. The Morgan fingerprint density at radius 3 is 2.66 bits per heavy atom. The second kappa shape index (κ2) is 9.90. The maximum atomic E-state index is 12.3. The van der Waals surface area contributed by atoms with Crippen LogP contribution in [0.4, 0.5) is 11.4 Å². The lowest BCUT2D eigenvalue weighted by atomic mass is 10.1. The van der Waals surface area contributed by atoms with Crippen molar-refractivity contribution < 1.29 is 9.53 Å². The first-order valence-electron chi connectivity index (χ1n) is 9.44. The molecule has 0 aliphatic carbocycles. The number of nitrogens with zero attached hydrogens (tertiary/aromatic N) is 2. The number of aryl methyl sites for hydroxylation is 1. The Labute approximate surface area is 170 Å². The van der Waals surface area contributed by atoms with Gasteiger partial charge in [-0.2, -0.15) is 5.26 Å². The molecule has 6 heteroatoms. The van der Waals surface area contributed by atoms with Crippen molar-refractivity contribution in [1.82, 2.24) is 4.98 Å². The van der Waals surface area contributed by atoms with Gasteiger partial charge in [-0.25, -0.2) is 4.98 Å². The Hall–Kier alpha value is -3.85. The Bertz CT molecular complexity index is 1010. The summed E-state index contributed by atoms with van der Waals surface area (Å²) < 4.78 is 5.79. The van der Waals surface area contributed by atoms with Gasteiger partial charge in [-0.05, 0) is 48.4 Å². The minimum absolute atomic E-state index is 0.0738. The summed E-state index contributed by atoms with van der Waals surface area (Å²) in [6.07, 6.45) is 3.67. The van der Waals surface area contributed by atoms with E-state index in [0.29, 0.717) is 17.0 Å². The summed E-state index contributed by atoms with van der Waals surface area (Å²) in [5.74, 6) is 0.541. The minimum Gasteiger partial charge on any atom is -0.436 e. The summed E-state index contributed by atoms with van der Waals surface area (Å²) in [6.45, 7) is 2.21. The number of nitrogens with one attached hydrogen (secondary N) is 2. The molecule has 1 amide bonds. The smallest absolute Gasteiger partial charge is 0.243 e. The quantitative estimate of drug-likeness (QED) is 0.583. The average molecular weight is 386 g/mol. The van der Waals surface area contributed by atoms with Gasteiger partial charge in [-0.3, -0.25) is 4.79 Å². The molecule has 0 unspecified atom stereocenters. The molecule has 1 aromatic heterocycles. The summed E-state index contributed by atoms with van der Waals surface area (Å²) in [5, 5.41) is 15.1. The van der Waals surface area contributed by atoms with Crippen LogP contribution in [0.3, 0.4) is 0 Å². The third kappa shape index (κ3) is 5.56. The van der Waals surface area contributed by atoms with Gasteiger partial charge >= 0.3 is 0 Å². The fraction of sp³-hybridized carbons (Fsp3) is 0.174. The molecule has 0 saturated heterocycles. The number of carbonyl (C=O) groups excluding carboxylic acids is 1. The zero-order chi connectivity index (χ0) is 20.5. The number of hydrogen-bond acceptors (Lipinski definition) is 5.